The van der Waals surface area contributed by atoms with E-state index in [0.717, 1.165) is 5.56 Å². The molecule has 0 bridgehead atoms. The molecule has 2 N–H and O–H groups in total. The van der Waals surface area contributed by atoms with E-state index in [9.17, 15) is 14.4 Å². The summed E-state index contributed by atoms with van der Waals surface area (Å²) >= 11 is 5.93. The van der Waals surface area contributed by atoms with Gasteiger partial charge in [-0.2, -0.15) is 0 Å². The fourth-order valence-corrected chi connectivity index (χ4v) is 2.31. The van der Waals surface area contributed by atoms with Crippen LogP contribution in [-0.4, -0.2) is 37.7 Å². The first-order valence-electron chi connectivity index (χ1n) is 7.05. The van der Waals surface area contributed by atoms with E-state index in [1.165, 1.54) is 14.0 Å². The van der Waals surface area contributed by atoms with E-state index in [2.05, 4.69) is 5.32 Å². The molecule has 0 saturated carbocycles. The maximum Gasteiger partial charge on any atom is 0.321 e. The molecule has 23 heavy (non-hydrogen) atoms. The number of rotatable bonds is 3. The fraction of sp³-hybridized carbons (Fsp3) is 0.400. The summed E-state index contributed by atoms with van der Waals surface area (Å²) in [7, 11) is 1.38. The largest absolute Gasteiger partial charge is 0.492 e. The quantitative estimate of drug-likeness (QED) is 0.808. The van der Waals surface area contributed by atoms with Gasteiger partial charge in [0, 0.05) is 12.1 Å². The second kappa shape index (κ2) is 7.32. The summed E-state index contributed by atoms with van der Waals surface area (Å²) in [4.78, 5) is 34.9. The van der Waals surface area contributed by atoms with Gasteiger partial charge in [0.05, 0.1) is 5.92 Å². The molecule has 1 aromatic carbocycles. The summed E-state index contributed by atoms with van der Waals surface area (Å²) in [6.45, 7) is 1.56. The van der Waals surface area contributed by atoms with Crippen LogP contribution < -0.4 is 15.4 Å². The number of hydrogen-bond acceptors (Lipinski definition) is 5. The number of fused-ring (bicyclic) bond motifs is 1. The van der Waals surface area contributed by atoms with Gasteiger partial charge in [0.1, 0.15) is 12.4 Å². The molecule has 0 unspecified atom stereocenters. The minimum Gasteiger partial charge on any atom is -0.492 e. The van der Waals surface area contributed by atoms with Gasteiger partial charge < -0.3 is 14.8 Å². The smallest absolute Gasteiger partial charge is 0.321 e. The van der Waals surface area contributed by atoms with Crippen LogP contribution in [0.1, 0.15) is 12.5 Å². The number of nitrogens with one attached hydrogen (secondary N) is 2. The Balaban J connectivity index is 1.94. The van der Waals surface area contributed by atoms with Crippen molar-refractivity contribution in [2.75, 3.05) is 13.7 Å². The van der Waals surface area contributed by atoms with Crippen molar-refractivity contribution in [3.8, 4) is 5.75 Å². The van der Waals surface area contributed by atoms with E-state index in [0.29, 0.717) is 17.2 Å². The van der Waals surface area contributed by atoms with Gasteiger partial charge in [0.15, 0.2) is 6.10 Å². The van der Waals surface area contributed by atoms with Crippen LogP contribution >= 0.6 is 11.6 Å². The number of hydrogen-bond donors (Lipinski definition) is 2. The molecule has 2 rings (SSSR count). The van der Waals surface area contributed by atoms with Crippen molar-refractivity contribution in [2.45, 2.75) is 19.4 Å². The number of ether oxygens (including phenoxy) is 2. The number of carbonyl (C=O) groups excluding carboxylic acids is 3. The Morgan fingerprint density at radius 1 is 1.39 bits per heavy atom. The molecular formula is C15H17ClN2O5. The van der Waals surface area contributed by atoms with Crippen molar-refractivity contribution in [3.63, 3.8) is 0 Å². The highest BCUT2D eigenvalue weighted by atomic mass is 35.5. The number of imide groups is 1. The number of esters is 1. The maximum atomic E-state index is 12.1. The Bertz CT molecular complexity index is 634. The number of amides is 3. The van der Waals surface area contributed by atoms with Crippen LogP contribution in [0, 0.1) is 5.92 Å². The van der Waals surface area contributed by atoms with Gasteiger partial charge in [0.25, 0.3) is 5.91 Å². The first-order valence-corrected chi connectivity index (χ1v) is 7.42. The first kappa shape index (κ1) is 17.1. The van der Waals surface area contributed by atoms with Gasteiger partial charge in [-0.3, -0.25) is 14.9 Å². The Morgan fingerprint density at radius 2 is 2.13 bits per heavy atom. The molecule has 3 amide bonds. The lowest BCUT2D eigenvalue weighted by atomic mass is 9.97. The second-order valence-electron chi connectivity index (χ2n) is 5.11. The van der Waals surface area contributed by atoms with Crippen LogP contribution in [0.3, 0.4) is 0 Å². The lowest BCUT2D eigenvalue weighted by Gasteiger charge is -2.25. The first-order chi connectivity index (χ1) is 10.9. The average Bonchev–Trinajstić information content (AvgIpc) is 2.53. The third kappa shape index (κ3) is 4.35. The molecule has 2 atom stereocenters. The zero-order valence-electron chi connectivity index (χ0n) is 12.7. The van der Waals surface area contributed by atoms with Crippen molar-refractivity contribution in [2.24, 2.45) is 5.92 Å². The number of carbonyl (C=O) groups is 3. The SMILES string of the molecule is CNC(=O)NC(=O)[C@H](C)OC(=O)[C@@H]1COc2ccc(Cl)cc2C1. The molecule has 1 aliphatic heterocycles. The summed E-state index contributed by atoms with van der Waals surface area (Å²) in [5.74, 6) is -1.10. The Kier molecular flexibility index (Phi) is 5.44. The van der Waals surface area contributed by atoms with Crippen molar-refractivity contribution in [3.05, 3.63) is 28.8 Å². The number of urea groups is 1. The molecule has 8 heteroatoms. The van der Waals surface area contributed by atoms with Crippen LogP contribution in [0.4, 0.5) is 4.79 Å². The minimum absolute atomic E-state index is 0.164. The van der Waals surface area contributed by atoms with Gasteiger partial charge in [-0.15, -0.1) is 0 Å². The van der Waals surface area contributed by atoms with E-state index in [1.54, 1.807) is 18.2 Å². The zero-order chi connectivity index (χ0) is 17.0. The summed E-state index contributed by atoms with van der Waals surface area (Å²) < 4.78 is 10.6. The van der Waals surface area contributed by atoms with E-state index in [1.807, 2.05) is 5.32 Å². The number of benzene rings is 1. The Labute approximate surface area is 138 Å². The molecule has 0 spiro atoms. The zero-order valence-corrected chi connectivity index (χ0v) is 13.5. The van der Waals surface area contributed by atoms with Crippen LogP contribution in [0.5, 0.6) is 5.75 Å². The molecule has 1 aliphatic rings. The molecule has 1 heterocycles. The van der Waals surface area contributed by atoms with E-state index in [4.69, 9.17) is 21.1 Å². The lowest BCUT2D eigenvalue weighted by molar-refractivity contribution is -0.159. The standard InChI is InChI=1S/C15H17ClN2O5/c1-8(13(19)18-15(21)17-2)23-14(20)10-5-9-6-11(16)3-4-12(9)22-7-10/h3-4,6,8,10H,5,7H2,1-2H3,(H2,17,18,19,21)/t8-,10-/m0/s1. The molecule has 0 fully saturated rings. The van der Waals surface area contributed by atoms with Gasteiger partial charge in [-0.05, 0) is 37.1 Å². The van der Waals surface area contributed by atoms with Gasteiger partial charge in [-0.25, -0.2) is 4.79 Å². The van der Waals surface area contributed by atoms with Crippen molar-refractivity contribution < 1.29 is 23.9 Å². The normalized spacial score (nSPS) is 17.3. The molecule has 0 aliphatic carbocycles. The summed E-state index contributed by atoms with van der Waals surface area (Å²) in [5.41, 5.74) is 0.813. The molecule has 124 valence electrons. The molecule has 0 aromatic heterocycles. The summed E-state index contributed by atoms with van der Waals surface area (Å²) in [5, 5.41) is 4.84. The maximum absolute atomic E-state index is 12.1. The third-order valence-corrected chi connectivity index (χ3v) is 3.62. The average molecular weight is 341 g/mol. The topological polar surface area (TPSA) is 93.7 Å². The van der Waals surface area contributed by atoms with Crippen LogP contribution in [0.15, 0.2) is 18.2 Å². The fourth-order valence-electron chi connectivity index (χ4n) is 2.11. The molecule has 0 radical (unpaired) electrons. The summed E-state index contributed by atoms with van der Waals surface area (Å²) in [6, 6.07) is 4.53. The van der Waals surface area contributed by atoms with Crippen LogP contribution in [0.25, 0.3) is 0 Å². The molecule has 1 aromatic rings. The minimum atomic E-state index is -1.08. The van der Waals surface area contributed by atoms with Gasteiger partial charge in [-0.1, -0.05) is 11.6 Å². The second-order valence-corrected chi connectivity index (χ2v) is 5.55. The predicted molar refractivity (Wildman–Crippen MR) is 82.3 cm³/mol. The van der Waals surface area contributed by atoms with Crippen LogP contribution in [-0.2, 0) is 20.7 Å². The molecular weight excluding hydrogens is 324 g/mol. The Hall–Kier alpha value is -2.28. The van der Waals surface area contributed by atoms with Gasteiger partial charge >= 0.3 is 12.0 Å². The van der Waals surface area contributed by atoms with E-state index in [-0.39, 0.29) is 6.61 Å². The van der Waals surface area contributed by atoms with Crippen molar-refractivity contribution >= 4 is 29.5 Å². The highest BCUT2D eigenvalue weighted by Crippen LogP contribution is 2.30. The predicted octanol–water partition coefficient (Wildman–Crippen LogP) is 1.28. The Morgan fingerprint density at radius 3 is 2.83 bits per heavy atom. The summed E-state index contributed by atoms with van der Waals surface area (Å²) in [6.07, 6.45) is -0.668. The molecule has 0 saturated heterocycles. The highest BCUT2D eigenvalue weighted by Gasteiger charge is 2.30. The monoisotopic (exact) mass is 340 g/mol. The highest BCUT2D eigenvalue weighted by molar-refractivity contribution is 6.30. The number of halogens is 1. The lowest BCUT2D eigenvalue weighted by Crippen LogP contribution is -2.44. The van der Waals surface area contributed by atoms with E-state index < -0.39 is 29.9 Å². The van der Waals surface area contributed by atoms with Crippen molar-refractivity contribution in [1.82, 2.24) is 10.6 Å². The van der Waals surface area contributed by atoms with Gasteiger partial charge in [0.2, 0.25) is 0 Å². The van der Waals surface area contributed by atoms with E-state index >= 15 is 0 Å². The third-order valence-electron chi connectivity index (χ3n) is 3.39. The molecule has 7 nitrogen and oxygen atoms in total. The van der Waals surface area contributed by atoms with Crippen molar-refractivity contribution in [1.29, 1.82) is 0 Å². The van der Waals surface area contributed by atoms with Crippen LogP contribution in [0.2, 0.25) is 5.02 Å².